The van der Waals surface area contributed by atoms with Gasteiger partial charge in [-0.25, -0.2) is 9.18 Å². The van der Waals surface area contributed by atoms with Gasteiger partial charge in [-0.15, -0.1) is 0 Å². The van der Waals surface area contributed by atoms with Crippen LogP contribution in [-0.2, 0) is 6.42 Å². The van der Waals surface area contributed by atoms with Crippen LogP contribution in [0.5, 0.6) is 0 Å². The number of para-hydroxylation sites is 1. The predicted octanol–water partition coefficient (Wildman–Crippen LogP) is 4.50. The van der Waals surface area contributed by atoms with Crippen molar-refractivity contribution in [3.05, 3.63) is 69.1 Å². The van der Waals surface area contributed by atoms with Crippen LogP contribution in [0.4, 0.5) is 9.18 Å². The average Bonchev–Trinajstić information content (AvgIpc) is 2.97. The van der Waals surface area contributed by atoms with Crippen molar-refractivity contribution in [3.63, 3.8) is 0 Å². The summed E-state index contributed by atoms with van der Waals surface area (Å²) in [6.45, 7) is 2.20. The van der Waals surface area contributed by atoms with Gasteiger partial charge in [0.05, 0.1) is 11.6 Å². The van der Waals surface area contributed by atoms with Crippen molar-refractivity contribution in [1.82, 2.24) is 15.6 Å². The van der Waals surface area contributed by atoms with Crippen molar-refractivity contribution in [3.8, 4) is 0 Å². The van der Waals surface area contributed by atoms with E-state index in [0.717, 1.165) is 16.6 Å². The fourth-order valence-electron chi connectivity index (χ4n) is 3.17. The minimum absolute atomic E-state index is 0.0351. The quantitative estimate of drug-likeness (QED) is 0.471. The highest BCUT2D eigenvalue weighted by atomic mass is 35.5. The molecule has 1 aromatic heterocycles. The third-order valence-electron chi connectivity index (χ3n) is 4.55. The van der Waals surface area contributed by atoms with E-state index in [1.54, 1.807) is 24.3 Å². The van der Waals surface area contributed by atoms with Gasteiger partial charge >= 0.3 is 6.03 Å². The van der Waals surface area contributed by atoms with E-state index in [1.165, 1.54) is 6.07 Å². The number of fused-ring (bicyclic) bond motifs is 1. The molecule has 0 spiro atoms. The van der Waals surface area contributed by atoms with E-state index in [-0.39, 0.29) is 12.4 Å². The van der Waals surface area contributed by atoms with Crippen LogP contribution in [0.1, 0.15) is 22.9 Å². The Labute approximate surface area is 171 Å². The lowest BCUT2D eigenvalue weighted by molar-refractivity contribution is 0.173. The van der Waals surface area contributed by atoms with Gasteiger partial charge in [0.15, 0.2) is 0 Å². The van der Waals surface area contributed by atoms with Crippen LogP contribution in [0.25, 0.3) is 10.9 Å². The highest BCUT2D eigenvalue weighted by molar-refractivity contribution is 6.36. The number of rotatable bonds is 6. The van der Waals surface area contributed by atoms with E-state index in [4.69, 9.17) is 23.2 Å². The molecule has 1 atom stereocenters. The number of benzene rings is 2. The first-order valence-electron chi connectivity index (χ1n) is 8.77. The molecule has 3 aromatic rings. The minimum Gasteiger partial charge on any atom is -0.386 e. The summed E-state index contributed by atoms with van der Waals surface area (Å²) in [6.07, 6.45) is -0.479. The number of nitrogens with one attached hydrogen (secondary N) is 3. The van der Waals surface area contributed by atoms with E-state index >= 15 is 0 Å². The highest BCUT2D eigenvalue weighted by Gasteiger charge is 2.16. The first-order valence-corrected chi connectivity index (χ1v) is 9.53. The van der Waals surface area contributed by atoms with Crippen LogP contribution in [0.2, 0.25) is 10.0 Å². The number of amides is 2. The average molecular weight is 424 g/mol. The molecule has 2 amide bonds. The molecular formula is C20H20Cl2FN3O2. The van der Waals surface area contributed by atoms with Gasteiger partial charge < -0.3 is 20.7 Å². The maximum absolute atomic E-state index is 13.8. The molecule has 0 fully saturated rings. The van der Waals surface area contributed by atoms with E-state index < -0.39 is 12.1 Å². The smallest absolute Gasteiger partial charge is 0.314 e. The summed E-state index contributed by atoms with van der Waals surface area (Å²) >= 11 is 12.1. The fraction of sp³-hybridized carbons (Fsp3) is 0.250. The molecule has 1 unspecified atom stereocenters. The topological polar surface area (TPSA) is 77.2 Å². The lowest BCUT2D eigenvalue weighted by Crippen LogP contribution is -2.38. The van der Waals surface area contributed by atoms with E-state index in [1.807, 2.05) is 13.0 Å². The number of carbonyl (C=O) groups is 1. The van der Waals surface area contributed by atoms with Gasteiger partial charge in [0, 0.05) is 39.8 Å². The summed E-state index contributed by atoms with van der Waals surface area (Å²) in [6, 6.07) is 9.42. The van der Waals surface area contributed by atoms with Crippen molar-refractivity contribution in [2.75, 3.05) is 13.1 Å². The number of H-pyrrole nitrogens is 1. The molecule has 8 heteroatoms. The molecule has 3 rings (SSSR count). The van der Waals surface area contributed by atoms with Gasteiger partial charge in [-0.2, -0.15) is 0 Å². The normalized spacial score (nSPS) is 12.2. The maximum atomic E-state index is 13.8. The molecule has 0 saturated heterocycles. The van der Waals surface area contributed by atoms with Gasteiger partial charge in [-0.05, 0) is 37.1 Å². The molecule has 0 aliphatic heterocycles. The molecule has 148 valence electrons. The second-order valence-corrected chi connectivity index (χ2v) is 7.24. The number of hydrogen-bond donors (Lipinski definition) is 4. The van der Waals surface area contributed by atoms with Crippen LogP contribution in [0.15, 0.2) is 36.4 Å². The van der Waals surface area contributed by atoms with Crippen molar-refractivity contribution in [1.29, 1.82) is 0 Å². The molecular weight excluding hydrogens is 404 g/mol. The monoisotopic (exact) mass is 423 g/mol. The van der Waals surface area contributed by atoms with Gasteiger partial charge in [-0.1, -0.05) is 41.4 Å². The summed E-state index contributed by atoms with van der Waals surface area (Å²) in [5.41, 5.74) is 2.67. The SMILES string of the molecule is Cc1[nH]c2c(F)cccc2c1CCNC(=O)NCC(O)c1c(Cl)cccc1Cl. The zero-order valence-corrected chi connectivity index (χ0v) is 16.7. The summed E-state index contributed by atoms with van der Waals surface area (Å²) in [7, 11) is 0. The first-order chi connectivity index (χ1) is 13.4. The van der Waals surface area contributed by atoms with Gasteiger partial charge in [0.1, 0.15) is 5.82 Å². The number of urea groups is 1. The van der Waals surface area contributed by atoms with Crippen molar-refractivity contribution in [2.45, 2.75) is 19.4 Å². The summed E-state index contributed by atoms with van der Waals surface area (Å²) in [5.74, 6) is -0.301. The Bertz CT molecular complexity index is 986. The number of aliphatic hydroxyl groups is 1. The largest absolute Gasteiger partial charge is 0.386 e. The molecule has 0 saturated carbocycles. The Kier molecular flexibility index (Phi) is 6.44. The Morgan fingerprint density at radius 3 is 2.57 bits per heavy atom. The summed E-state index contributed by atoms with van der Waals surface area (Å²) < 4.78 is 13.8. The molecule has 0 aliphatic rings. The van der Waals surface area contributed by atoms with E-state index in [9.17, 15) is 14.3 Å². The first kappa shape index (κ1) is 20.5. The van der Waals surface area contributed by atoms with Crippen molar-refractivity contribution >= 4 is 40.1 Å². The Hall–Kier alpha value is -2.28. The predicted molar refractivity (Wildman–Crippen MR) is 110 cm³/mol. The molecule has 2 aromatic carbocycles. The van der Waals surface area contributed by atoms with Crippen LogP contribution in [0.3, 0.4) is 0 Å². The number of aromatic amines is 1. The second kappa shape index (κ2) is 8.82. The molecule has 28 heavy (non-hydrogen) atoms. The van der Waals surface area contributed by atoms with Crippen LogP contribution in [0, 0.1) is 12.7 Å². The number of halogens is 3. The van der Waals surface area contributed by atoms with Crippen LogP contribution in [-0.4, -0.2) is 29.2 Å². The van der Waals surface area contributed by atoms with Crippen LogP contribution < -0.4 is 10.6 Å². The summed E-state index contributed by atoms with van der Waals surface area (Å²) in [5, 5.41) is 17.0. The zero-order chi connectivity index (χ0) is 20.3. The standard InChI is InChI=1S/C20H20Cl2FN3O2/c1-11-12(13-4-2-7-16(23)19(13)26-11)8-9-24-20(28)25-10-17(27)18-14(21)5-3-6-15(18)22/h2-7,17,26-27H,8-10H2,1H3,(H2,24,25,28). The third-order valence-corrected chi connectivity index (χ3v) is 5.21. The van der Waals surface area contributed by atoms with Gasteiger partial charge in [0.25, 0.3) is 0 Å². The number of carbonyl (C=O) groups excluding carboxylic acids is 1. The summed E-state index contributed by atoms with van der Waals surface area (Å²) in [4.78, 5) is 15.1. The minimum atomic E-state index is -1.02. The van der Waals surface area contributed by atoms with E-state index in [2.05, 4.69) is 15.6 Å². The van der Waals surface area contributed by atoms with Crippen molar-refractivity contribution in [2.24, 2.45) is 0 Å². The molecule has 4 N–H and O–H groups in total. The molecule has 1 heterocycles. The number of aliphatic hydroxyl groups excluding tert-OH is 1. The maximum Gasteiger partial charge on any atom is 0.314 e. The lowest BCUT2D eigenvalue weighted by atomic mass is 10.1. The zero-order valence-electron chi connectivity index (χ0n) is 15.2. The van der Waals surface area contributed by atoms with Gasteiger partial charge in [-0.3, -0.25) is 0 Å². The number of aromatic nitrogens is 1. The lowest BCUT2D eigenvalue weighted by Gasteiger charge is -2.15. The Morgan fingerprint density at radius 1 is 1.18 bits per heavy atom. The van der Waals surface area contributed by atoms with Crippen molar-refractivity contribution < 1.29 is 14.3 Å². The number of aryl methyl sites for hydroxylation is 1. The highest BCUT2D eigenvalue weighted by Crippen LogP contribution is 2.29. The molecule has 5 nitrogen and oxygen atoms in total. The Morgan fingerprint density at radius 2 is 1.86 bits per heavy atom. The molecule has 0 radical (unpaired) electrons. The van der Waals surface area contributed by atoms with E-state index in [0.29, 0.717) is 34.1 Å². The number of hydrogen-bond acceptors (Lipinski definition) is 2. The molecule has 0 bridgehead atoms. The Balaban J connectivity index is 1.53. The molecule has 0 aliphatic carbocycles. The third kappa shape index (κ3) is 4.41. The van der Waals surface area contributed by atoms with Crippen LogP contribution >= 0.6 is 23.2 Å². The van der Waals surface area contributed by atoms with Gasteiger partial charge in [0.2, 0.25) is 0 Å². The fourth-order valence-corrected chi connectivity index (χ4v) is 3.82. The second-order valence-electron chi connectivity index (χ2n) is 6.43.